The number of amides is 2. The Morgan fingerprint density at radius 2 is 1.65 bits per heavy atom. The highest BCUT2D eigenvalue weighted by molar-refractivity contribution is 6.31. The normalized spacial score (nSPS) is 11.6. The van der Waals surface area contributed by atoms with Crippen LogP contribution in [0.2, 0.25) is 5.02 Å². The molecule has 2 rings (SSSR count). The van der Waals surface area contributed by atoms with Crippen molar-refractivity contribution in [1.29, 1.82) is 0 Å². The number of carbonyl (C=O) groups is 2. The molecule has 0 spiro atoms. The molecule has 5 nitrogen and oxygen atoms in total. The molecule has 0 bridgehead atoms. The van der Waals surface area contributed by atoms with Crippen molar-refractivity contribution in [2.75, 3.05) is 6.54 Å². The molecule has 0 aliphatic heterocycles. The number of hydrogen-bond donors (Lipinski definition) is 3. The maximum absolute atomic E-state index is 11.8. The van der Waals surface area contributed by atoms with E-state index in [9.17, 15) is 9.59 Å². The summed E-state index contributed by atoms with van der Waals surface area (Å²) in [5.41, 5.74) is 6.13. The van der Waals surface area contributed by atoms with Crippen LogP contribution in [0.5, 0.6) is 0 Å². The van der Waals surface area contributed by atoms with Crippen LogP contribution in [0.15, 0.2) is 54.6 Å². The van der Waals surface area contributed by atoms with Crippen molar-refractivity contribution in [3.05, 3.63) is 70.7 Å². The summed E-state index contributed by atoms with van der Waals surface area (Å²) >= 11 is 6.11. The van der Waals surface area contributed by atoms with E-state index in [-0.39, 0.29) is 24.4 Å². The lowest BCUT2D eigenvalue weighted by atomic mass is 10.1. The quantitative estimate of drug-likeness (QED) is 0.737. The average Bonchev–Trinajstić information content (AvgIpc) is 2.58. The van der Waals surface area contributed by atoms with Crippen LogP contribution in [-0.4, -0.2) is 18.4 Å². The standard InChI is InChI=1S/C17H18ClN3O2/c1-12(14-9-5-6-10-15(14)18)19-11-16(22)20-21-17(23)13-7-3-2-4-8-13/h2-10,12,19H,11H2,1H3,(H,20,22)(H,21,23)/t12-/m0/s1. The monoisotopic (exact) mass is 331 g/mol. The average molecular weight is 332 g/mol. The predicted molar refractivity (Wildman–Crippen MR) is 89.9 cm³/mol. The maximum atomic E-state index is 11.8. The van der Waals surface area contributed by atoms with E-state index in [0.29, 0.717) is 10.6 Å². The Morgan fingerprint density at radius 3 is 2.35 bits per heavy atom. The molecule has 0 fully saturated rings. The molecule has 2 aromatic carbocycles. The van der Waals surface area contributed by atoms with Crippen LogP contribution < -0.4 is 16.2 Å². The van der Waals surface area contributed by atoms with Gasteiger partial charge in [-0.25, -0.2) is 0 Å². The predicted octanol–water partition coefficient (Wildman–Crippen LogP) is 2.45. The van der Waals surface area contributed by atoms with Crippen LogP contribution in [0.25, 0.3) is 0 Å². The van der Waals surface area contributed by atoms with E-state index in [1.807, 2.05) is 31.2 Å². The van der Waals surface area contributed by atoms with Crippen molar-refractivity contribution >= 4 is 23.4 Å². The van der Waals surface area contributed by atoms with E-state index in [1.165, 1.54) is 0 Å². The summed E-state index contributed by atoms with van der Waals surface area (Å²) in [4.78, 5) is 23.6. The van der Waals surface area contributed by atoms with Gasteiger partial charge in [-0.15, -0.1) is 0 Å². The Bertz CT molecular complexity index is 677. The summed E-state index contributed by atoms with van der Waals surface area (Å²) < 4.78 is 0. The summed E-state index contributed by atoms with van der Waals surface area (Å²) in [6.07, 6.45) is 0. The van der Waals surface area contributed by atoms with E-state index in [4.69, 9.17) is 11.6 Å². The molecule has 1 atom stereocenters. The van der Waals surface area contributed by atoms with E-state index in [0.717, 1.165) is 5.56 Å². The van der Waals surface area contributed by atoms with Crippen LogP contribution in [0.4, 0.5) is 0 Å². The van der Waals surface area contributed by atoms with Crippen LogP contribution in [0.1, 0.15) is 28.9 Å². The fourth-order valence-corrected chi connectivity index (χ4v) is 2.31. The van der Waals surface area contributed by atoms with E-state index < -0.39 is 0 Å². The second-order valence-electron chi connectivity index (χ2n) is 4.99. The van der Waals surface area contributed by atoms with Gasteiger partial charge in [0.1, 0.15) is 0 Å². The SMILES string of the molecule is C[C@H](NCC(=O)NNC(=O)c1ccccc1)c1ccccc1Cl. The van der Waals surface area contributed by atoms with Crippen LogP contribution in [0, 0.1) is 0 Å². The second-order valence-corrected chi connectivity index (χ2v) is 5.40. The first-order chi connectivity index (χ1) is 11.1. The highest BCUT2D eigenvalue weighted by Crippen LogP contribution is 2.21. The zero-order valence-electron chi connectivity index (χ0n) is 12.7. The van der Waals surface area contributed by atoms with Crippen molar-refractivity contribution in [1.82, 2.24) is 16.2 Å². The zero-order valence-corrected chi connectivity index (χ0v) is 13.4. The number of carbonyl (C=O) groups excluding carboxylic acids is 2. The Balaban J connectivity index is 1.77. The molecule has 0 aliphatic rings. The Morgan fingerprint density at radius 1 is 1.00 bits per heavy atom. The molecule has 0 saturated heterocycles. The third-order valence-electron chi connectivity index (χ3n) is 3.29. The lowest BCUT2D eigenvalue weighted by Crippen LogP contribution is -2.45. The minimum atomic E-state index is -0.363. The number of nitrogens with one attached hydrogen (secondary N) is 3. The molecule has 0 unspecified atom stereocenters. The Kier molecular flexibility index (Phi) is 6.14. The number of halogens is 1. The second kappa shape index (κ2) is 8.31. The van der Waals surface area contributed by atoms with Gasteiger partial charge in [-0.2, -0.15) is 0 Å². The van der Waals surface area contributed by atoms with Crippen molar-refractivity contribution in [2.45, 2.75) is 13.0 Å². The molecule has 6 heteroatoms. The van der Waals surface area contributed by atoms with Gasteiger partial charge in [0.05, 0.1) is 6.54 Å². The summed E-state index contributed by atoms with van der Waals surface area (Å²) in [6, 6.07) is 16.0. The number of hydrogen-bond acceptors (Lipinski definition) is 3. The third-order valence-corrected chi connectivity index (χ3v) is 3.64. The molecule has 23 heavy (non-hydrogen) atoms. The number of hydrazine groups is 1. The van der Waals surface area contributed by atoms with Crippen molar-refractivity contribution in [3.8, 4) is 0 Å². The molecule has 0 aliphatic carbocycles. The first kappa shape index (κ1) is 17.0. The largest absolute Gasteiger partial charge is 0.302 e. The molecule has 120 valence electrons. The van der Waals surface area contributed by atoms with Crippen molar-refractivity contribution in [3.63, 3.8) is 0 Å². The molecule has 0 heterocycles. The highest BCUT2D eigenvalue weighted by atomic mass is 35.5. The molecule has 0 saturated carbocycles. The minimum absolute atomic E-state index is 0.0570. The molecule has 3 N–H and O–H groups in total. The van der Waals surface area contributed by atoms with Gasteiger partial charge in [0.15, 0.2) is 0 Å². The Labute approximate surface area is 140 Å². The van der Waals surface area contributed by atoms with E-state index >= 15 is 0 Å². The Hall–Kier alpha value is -2.37. The lowest BCUT2D eigenvalue weighted by molar-refractivity contribution is -0.121. The smallest absolute Gasteiger partial charge is 0.269 e. The molecular formula is C17H18ClN3O2. The number of rotatable bonds is 5. The summed E-state index contributed by atoms with van der Waals surface area (Å²) in [6.45, 7) is 1.97. The van der Waals surface area contributed by atoms with Crippen LogP contribution >= 0.6 is 11.6 Å². The molecule has 0 radical (unpaired) electrons. The van der Waals surface area contributed by atoms with Gasteiger partial charge in [-0.05, 0) is 30.7 Å². The van der Waals surface area contributed by atoms with Crippen molar-refractivity contribution < 1.29 is 9.59 Å². The molecule has 0 aromatic heterocycles. The van der Waals surface area contributed by atoms with Gasteiger partial charge in [-0.3, -0.25) is 20.4 Å². The third kappa shape index (κ3) is 5.09. The highest BCUT2D eigenvalue weighted by Gasteiger charge is 2.11. The summed E-state index contributed by atoms with van der Waals surface area (Å²) in [5.74, 6) is -0.703. The molecule has 2 amide bonds. The first-order valence-corrected chi connectivity index (χ1v) is 7.58. The minimum Gasteiger partial charge on any atom is -0.302 e. The van der Waals surface area contributed by atoms with E-state index in [2.05, 4.69) is 16.2 Å². The van der Waals surface area contributed by atoms with Crippen LogP contribution in [-0.2, 0) is 4.79 Å². The fraction of sp³-hybridized carbons (Fsp3) is 0.176. The van der Waals surface area contributed by atoms with Crippen LogP contribution in [0.3, 0.4) is 0 Å². The zero-order chi connectivity index (χ0) is 16.7. The molecular weight excluding hydrogens is 314 g/mol. The molecule has 2 aromatic rings. The topological polar surface area (TPSA) is 70.2 Å². The van der Waals surface area contributed by atoms with Gasteiger partial charge in [0.2, 0.25) is 0 Å². The van der Waals surface area contributed by atoms with E-state index in [1.54, 1.807) is 30.3 Å². The summed E-state index contributed by atoms with van der Waals surface area (Å²) in [5, 5.41) is 3.70. The van der Waals surface area contributed by atoms with Gasteiger partial charge in [0.25, 0.3) is 11.8 Å². The fourth-order valence-electron chi connectivity index (χ4n) is 2.01. The van der Waals surface area contributed by atoms with Gasteiger partial charge in [-0.1, -0.05) is 48.0 Å². The van der Waals surface area contributed by atoms with Gasteiger partial charge >= 0.3 is 0 Å². The van der Waals surface area contributed by atoms with Crippen molar-refractivity contribution in [2.24, 2.45) is 0 Å². The van der Waals surface area contributed by atoms with Gasteiger partial charge in [0, 0.05) is 16.6 Å². The maximum Gasteiger partial charge on any atom is 0.269 e. The van der Waals surface area contributed by atoms with Gasteiger partial charge < -0.3 is 5.32 Å². The number of benzene rings is 2. The lowest BCUT2D eigenvalue weighted by Gasteiger charge is -2.15. The first-order valence-electron chi connectivity index (χ1n) is 7.20. The summed E-state index contributed by atoms with van der Waals surface area (Å²) in [7, 11) is 0.